The van der Waals surface area contributed by atoms with Gasteiger partial charge in [0.05, 0.1) is 17.0 Å². The van der Waals surface area contributed by atoms with Gasteiger partial charge in [0.25, 0.3) is 0 Å². The van der Waals surface area contributed by atoms with Crippen molar-refractivity contribution in [3.8, 4) is 5.75 Å². The van der Waals surface area contributed by atoms with E-state index in [2.05, 4.69) is 225 Å². The number of ether oxygens (including phenoxy) is 1. The molecule has 8 aromatic rings. The summed E-state index contributed by atoms with van der Waals surface area (Å²) in [5, 5.41) is 4.71. The fourth-order valence-corrected chi connectivity index (χ4v) is 18.0. The molecule has 0 amide bonds. The van der Waals surface area contributed by atoms with Crippen molar-refractivity contribution in [2.75, 3.05) is 9.80 Å². The summed E-state index contributed by atoms with van der Waals surface area (Å²) < 4.78 is 14.7. The molecule has 6 aliphatic rings. The Labute approximate surface area is 434 Å². The zero-order chi connectivity index (χ0) is 50.1. The van der Waals surface area contributed by atoms with E-state index in [-0.39, 0.29) is 28.9 Å². The zero-order valence-electron chi connectivity index (χ0n) is 44.3. The molecule has 364 valence electrons. The molecule has 2 aliphatic carbocycles. The van der Waals surface area contributed by atoms with Crippen molar-refractivity contribution in [3.63, 3.8) is 0 Å². The number of hydrogen-bond acceptors (Lipinski definition) is 4. The number of nitrogens with zero attached hydrogens (tertiary/aromatic N) is 2. The highest BCUT2D eigenvalue weighted by atomic mass is 31.1. The summed E-state index contributed by atoms with van der Waals surface area (Å²) in [5.74, 6) is 2.66. The van der Waals surface area contributed by atoms with Crippen molar-refractivity contribution in [3.05, 3.63) is 190 Å². The van der Waals surface area contributed by atoms with Crippen LogP contribution in [0, 0.1) is 0 Å². The highest BCUT2D eigenvalue weighted by molar-refractivity contribution is 7.76. The first-order chi connectivity index (χ1) is 35.0. The van der Waals surface area contributed by atoms with Crippen LogP contribution in [0.15, 0.2) is 167 Å². The lowest BCUT2D eigenvalue weighted by atomic mass is 9.29. The molecule has 0 spiro atoms. The van der Waals surface area contributed by atoms with Crippen molar-refractivity contribution in [2.24, 2.45) is 0 Å². The Morgan fingerprint density at radius 1 is 0.603 bits per heavy atom. The number of fused-ring (bicyclic) bond motifs is 8. The van der Waals surface area contributed by atoms with E-state index in [1.807, 2.05) is 0 Å². The van der Waals surface area contributed by atoms with Crippen LogP contribution >= 0.6 is 7.92 Å². The molecule has 1 saturated carbocycles. The first kappa shape index (κ1) is 45.3. The van der Waals surface area contributed by atoms with Crippen LogP contribution in [0.3, 0.4) is 0 Å². The van der Waals surface area contributed by atoms with Crippen LogP contribution < -0.4 is 36.1 Å². The molecule has 14 rings (SSSR count). The van der Waals surface area contributed by atoms with Gasteiger partial charge in [0.15, 0.2) is 0 Å². The molecule has 0 N–H and O–H groups in total. The number of anilines is 5. The summed E-state index contributed by atoms with van der Waals surface area (Å²) in [6, 6.07) is 53.9. The minimum absolute atomic E-state index is 0.00252. The number of allylic oxidation sites excluding steroid dienone is 3. The summed E-state index contributed by atoms with van der Waals surface area (Å²) in [5.41, 5.74) is 20.0. The normalized spacial score (nSPS) is 21.1. The maximum atomic E-state index is 7.43. The van der Waals surface area contributed by atoms with Gasteiger partial charge < -0.3 is 19.0 Å². The van der Waals surface area contributed by atoms with E-state index in [1.54, 1.807) is 0 Å². The molecular weight excluding hydrogens is 907 g/mol. The zero-order valence-corrected chi connectivity index (χ0v) is 45.2. The number of benzene rings is 7. The van der Waals surface area contributed by atoms with Gasteiger partial charge in [0, 0.05) is 50.6 Å². The minimum atomic E-state index is -1.16. The molecule has 3 atom stereocenters. The molecule has 5 heterocycles. The average Bonchev–Trinajstić information content (AvgIpc) is 3.95. The molecule has 73 heavy (non-hydrogen) atoms. The van der Waals surface area contributed by atoms with E-state index in [0.717, 1.165) is 28.1 Å². The molecule has 7 aromatic carbocycles. The van der Waals surface area contributed by atoms with Gasteiger partial charge in [-0.25, -0.2) is 0 Å². The summed E-state index contributed by atoms with van der Waals surface area (Å²) >= 11 is 0. The van der Waals surface area contributed by atoms with Crippen molar-refractivity contribution in [1.29, 1.82) is 0 Å². The monoisotopic (exact) mass is 972 g/mol. The Morgan fingerprint density at radius 3 is 1.92 bits per heavy atom. The lowest BCUT2D eigenvalue weighted by Crippen LogP contribution is -2.68. The molecule has 1 aromatic heterocycles. The lowest BCUT2D eigenvalue weighted by molar-refractivity contribution is 0.408. The minimum Gasteiger partial charge on any atom is -0.461 e. The molecule has 6 heteroatoms. The Kier molecular flexibility index (Phi) is 9.70. The van der Waals surface area contributed by atoms with Crippen LogP contribution in [0.5, 0.6) is 5.75 Å². The number of hydrogen-bond donors (Lipinski definition) is 0. The van der Waals surface area contributed by atoms with E-state index in [0.29, 0.717) is 5.92 Å². The van der Waals surface area contributed by atoms with E-state index >= 15 is 0 Å². The highest BCUT2D eigenvalue weighted by Gasteiger charge is 2.64. The summed E-state index contributed by atoms with van der Waals surface area (Å²) in [6.07, 6.45) is 8.98. The smallest absolute Gasteiger partial charge is 0.249 e. The number of furan rings is 1. The molecule has 4 aliphatic heterocycles. The van der Waals surface area contributed by atoms with Gasteiger partial charge in [0.1, 0.15) is 22.7 Å². The third-order valence-corrected chi connectivity index (χ3v) is 20.8. The van der Waals surface area contributed by atoms with Crippen molar-refractivity contribution < 1.29 is 9.15 Å². The molecular formula is C67H66BN2O2P. The Morgan fingerprint density at radius 2 is 1.23 bits per heavy atom. The van der Waals surface area contributed by atoms with Crippen LogP contribution in [0.4, 0.5) is 28.4 Å². The van der Waals surface area contributed by atoms with Crippen molar-refractivity contribution in [2.45, 2.75) is 135 Å². The molecule has 0 saturated heterocycles. The maximum Gasteiger partial charge on any atom is 0.249 e. The van der Waals surface area contributed by atoms with E-state index in [1.165, 1.54) is 126 Å². The van der Waals surface area contributed by atoms with Crippen LogP contribution in [0.25, 0.3) is 21.9 Å². The Bertz CT molecular complexity index is 3710. The van der Waals surface area contributed by atoms with Gasteiger partial charge in [-0.1, -0.05) is 191 Å². The topological polar surface area (TPSA) is 28.9 Å². The third kappa shape index (κ3) is 6.43. The van der Waals surface area contributed by atoms with E-state index < -0.39 is 13.1 Å². The molecule has 3 unspecified atom stereocenters. The molecule has 4 nitrogen and oxygen atoms in total. The van der Waals surface area contributed by atoms with Gasteiger partial charge in [-0.15, -0.1) is 0 Å². The van der Waals surface area contributed by atoms with Gasteiger partial charge in [-0.05, 0) is 129 Å². The molecule has 1 fully saturated rings. The highest BCUT2D eigenvalue weighted by Crippen LogP contribution is 2.70. The SMILES string of the molecule is CC(C)(C)c1cc2c3c(c1)N(c1ccccc1C(C)(C)C)c1c4c(cc5oc6ccccc6c15)P(c1ccccc1)C1(C)C(=C(C=C5Oc6ccc(C7CCCCC7)cc6C51)N2c1ccccc1C(C)(C)C)B34. The Hall–Kier alpha value is -6.29. The second-order valence-electron chi connectivity index (χ2n) is 25.3. The van der Waals surface area contributed by atoms with Crippen LogP contribution in [0.2, 0.25) is 0 Å². The fraction of sp³-hybridized carbons (Fsp3) is 0.313. The average molecular weight is 973 g/mol. The first-order valence-electron chi connectivity index (χ1n) is 27.1. The van der Waals surface area contributed by atoms with Gasteiger partial charge in [-0.3, -0.25) is 0 Å². The van der Waals surface area contributed by atoms with Crippen molar-refractivity contribution in [1.82, 2.24) is 0 Å². The predicted octanol–water partition coefficient (Wildman–Crippen LogP) is 16.1. The molecule has 0 bridgehead atoms. The second kappa shape index (κ2) is 15.6. The van der Waals surface area contributed by atoms with Crippen LogP contribution in [0.1, 0.15) is 141 Å². The first-order valence-corrected chi connectivity index (χ1v) is 28.4. The third-order valence-electron chi connectivity index (χ3n) is 17.7. The van der Waals surface area contributed by atoms with Crippen LogP contribution in [-0.4, -0.2) is 11.9 Å². The predicted molar refractivity (Wildman–Crippen MR) is 310 cm³/mol. The van der Waals surface area contributed by atoms with Crippen molar-refractivity contribution >= 4 is 86.5 Å². The van der Waals surface area contributed by atoms with Gasteiger partial charge in [0.2, 0.25) is 6.71 Å². The maximum absolute atomic E-state index is 7.43. The number of para-hydroxylation sites is 3. The summed E-state index contributed by atoms with van der Waals surface area (Å²) in [6.45, 7) is 24.0. The summed E-state index contributed by atoms with van der Waals surface area (Å²) in [4.78, 5) is 5.44. The number of rotatable bonds is 4. The summed E-state index contributed by atoms with van der Waals surface area (Å²) in [7, 11) is -1.16. The molecule has 0 radical (unpaired) electrons. The quantitative estimate of drug-likeness (QED) is 0.130. The van der Waals surface area contributed by atoms with E-state index in [9.17, 15) is 0 Å². The van der Waals surface area contributed by atoms with Crippen LogP contribution in [-0.2, 0) is 16.2 Å². The van der Waals surface area contributed by atoms with Gasteiger partial charge >= 0.3 is 0 Å². The van der Waals surface area contributed by atoms with E-state index in [4.69, 9.17) is 9.15 Å². The Balaban J connectivity index is 1.20. The lowest BCUT2D eigenvalue weighted by Gasteiger charge is -2.58. The fourth-order valence-electron chi connectivity index (χ4n) is 14.4. The largest absolute Gasteiger partial charge is 0.461 e. The second-order valence-corrected chi connectivity index (χ2v) is 27.9. The standard InChI is InChI=1S/C67H66BN2O2P/c1-64(2,3)42-36-50-60-51(37-42)70(49-31-21-19-29-47(49)66(7,8)9)62-58-44-27-17-22-32-53(44)71-55(58)39-57-61(62)68(60)63-52(69(50)48-30-20-18-28-46(48)65(4,5)6)38-56-59(67(63,10)73(57)43-25-15-12-16-26-43)45-35-41(33-34-54(45)72-56)40-23-13-11-14-24-40/h12,15-22,25-40,59H,11,13-14,23-24H2,1-10H3. The van der Waals surface area contributed by atoms with Gasteiger partial charge in [-0.2, -0.15) is 0 Å².